The molecule has 1 fully saturated rings. The number of piperidine rings is 1. The summed E-state index contributed by atoms with van der Waals surface area (Å²) >= 11 is 3.14. The highest BCUT2D eigenvalue weighted by molar-refractivity contribution is 9.10. The molecule has 8 heteroatoms. The molecule has 116 valence electrons. The second-order valence-electron chi connectivity index (χ2n) is 4.93. The third-order valence-corrected chi connectivity index (χ3v) is 4.07. The van der Waals surface area contributed by atoms with Crippen LogP contribution in [0.2, 0.25) is 0 Å². The average Bonchev–Trinajstić information content (AvgIpc) is 2.45. The average molecular weight is 366 g/mol. The molecule has 1 unspecified atom stereocenters. The normalized spacial score (nSPS) is 19.5. The number of nitrogens with zero attached hydrogens (tertiary/aromatic N) is 2. The van der Waals surface area contributed by atoms with Gasteiger partial charge in [-0.15, -0.1) is 0 Å². The Balaban J connectivity index is 2.20. The van der Waals surface area contributed by atoms with Gasteiger partial charge in [-0.1, -0.05) is 0 Å². The molecular weight excluding hydrogens is 351 g/mol. The SMILES string of the molecule is CNC(=O)C1CCCN(c2ncc(C(F)(F)F)cc2Br)C1. The first-order valence-corrected chi connectivity index (χ1v) is 7.31. The molecule has 0 radical (unpaired) electrons. The van der Waals surface area contributed by atoms with Crippen LogP contribution in [-0.4, -0.2) is 31.0 Å². The lowest BCUT2D eigenvalue weighted by atomic mass is 9.97. The standard InChI is InChI=1S/C13H15BrF3N3O/c1-18-12(21)8-3-2-4-20(7-8)11-10(14)5-9(6-19-11)13(15,16)17/h5-6,8H,2-4,7H2,1H3,(H,18,21). The van der Waals surface area contributed by atoms with Crippen molar-refractivity contribution >= 4 is 27.7 Å². The Morgan fingerprint density at radius 3 is 2.81 bits per heavy atom. The number of alkyl halides is 3. The third kappa shape index (κ3) is 3.66. The van der Waals surface area contributed by atoms with E-state index in [0.29, 0.717) is 18.9 Å². The molecule has 1 saturated heterocycles. The number of nitrogens with one attached hydrogen (secondary N) is 1. The van der Waals surface area contributed by atoms with E-state index in [9.17, 15) is 18.0 Å². The highest BCUT2D eigenvalue weighted by Gasteiger charge is 2.33. The van der Waals surface area contributed by atoms with E-state index in [4.69, 9.17) is 0 Å². The number of carbonyl (C=O) groups excluding carboxylic acids is 1. The van der Waals surface area contributed by atoms with E-state index in [1.54, 1.807) is 7.05 Å². The van der Waals surface area contributed by atoms with Crippen molar-refractivity contribution in [2.24, 2.45) is 5.92 Å². The van der Waals surface area contributed by atoms with Crippen molar-refractivity contribution in [2.45, 2.75) is 19.0 Å². The summed E-state index contributed by atoms with van der Waals surface area (Å²) in [6.07, 6.45) is -2.02. The Labute approximate surface area is 128 Å². The van der Waals surface area contributed by atoms with E-state index in [2.05, 4.69) is 26.2 Å². The second kappa shape index (κ2) is 6.21. The van der Waals surface area contributed by atoms with Crippen molar-refractivity contribution in [3.05, 3.63) is 22.3 Å². The molecule has 1 aromatic rings. The molecule has 1 atom stereocenters. The Bertz CT molecular complexity index is 536. The van der Waals surface area contributed by atoms with Crippen molar-refractivity contribution in [2.75, 3.05) is 25.0 Å². The first-order chi connectivity index (χ1) is 9.82. The van der Waals surface area contributed by atoms with E-state index in [1.807, 2.05) is 4.90 Å². The van der Waals surface area contributed by atoms with Gasteiger partial charge >= 0.3 is 6.18 Å². The van der Waals surface area contributed by atoms with Crippen LogP contribution in [0, 0.1) is 5.92 Å². The number of aromatic nitrogens is 1. The summed E-state index contributed by atoms with van der Waals surface area (Å²) in [5, 5.41) is 2.60. The van der Waals surface area contributed by atoms with E-state index >= 15 is 0 Å². The molecular formula is C13H15BrF3N3O. The molecule has 0 aromatic carbocycles. The molecule has 2 rings (SSSR count). The summed E-state index contributed by atoms with van der Waals surface area (Å²) in [6.45, 7) is 1.13. The van der Waals surface area contributed by atoms with Gasteiger partial charge in [0.05, 0.1) is 16.0 Å². The first-order valence-electron chi connectivity index (χ1n) is 6.52. The number of pyridine rings is 1. The van der Waals surface area contributed by atoms with E-state index in [1.165, 1.54) is 0 Å². The maximum Gasteiger partial charge on any atom is 0.417 e. The fourth-order valence-corrected chi connectivity index (χ4v) is 3.01. The second-order valence-corrected chi connectivity index (χ2v) is 5.78. The van der Waals surface area contributed by atoms with Crippen molar-refractivity contribution in [3.63, 3.8) is 0 Å². The van der Waals surface area contributed by atoms with Crippen LogP contribution in [0.5, 0.6) is 0 Å². The number of hydrogen-bond acceptors (Lipinski definition) is 3. The molecule has 21 heavy (non-hydrogen) atoms. The summed E-state index contributed by atoms with van der Waals surface area (Å²) in [5.41, 5.74) is -0.794. The van der Waals surface area contributed by atoms with Crippen molar-refractivity contribution in [1.29, 1.82) is 0 Å². The molecule has 0 aliphatic carbocycles. The number of anilines is 1. The van der Waals surface area contributed by atoms with E-state index in [0.717, 1.165) is 25.1 Å². The van der Waals surface area contributed by atoms with Gasteiger partial charge in [0.25, 0.3) is 0 Å². The zero-order valence-electron chi connectivity index (χ0n) is 11.4. The Morgan fingerprint density at radius 1 is 1.52 bits per heavy atom. The number of rotatable bonds is 2. The minimum absolute atomic E-state index is 0.0530. The van der Waals surface area contributed by atoms with Gasteiger partial charge in [-0.25, -0.2) is 4.98 Å². The van der Waals surface area contributed by atoms with Crippen LogP contribution in [0.3, 0.4) is 0 Å². The summed E-state index contributed by atoms with van der Waals surface area (Å²) in [6, 6.07) is 1.02. The van der Waals surface area contributed by atoms with Crippen LogP contribution in [0.15, 0.2) is 16.7 Å². The van der Waals surface area contributed by atoms with Gasteiger partial charge in [-0.3, -0.25) is 4.79 Å². The zero-order valence-corrected chi connectivity index (χ0v) is 13.0. The lowest BCUT2D eigenvalue weighted by Crippen LogP contribution is -2.42. The fourth-order valence-electron chi connectivity index (χ4n) is 2.41. The third-order valence-electron chi connectivity index (χ3n) is 3.49. The zero-order chi connectivity index (χ0) is 15.6. The highest BCUT2D eigenvalue weighted by Crippen LogP contribution is 2.34. The van der Waals surface area contributed by atoms with Gasteiger partial charge in [0, 0.05) is 26.3 Å². The maximum atomic E-state index is 12.6. The lowest BCUT2D eigenvalue weighted by Gasteiger charge is -2.33. The monoisotopic (exact) mass is 365 g/mol. The molecule has 1 amide bonds. The Morgan fingerprint density at radius 2 is 2.24 bits per heavy atom. The summed E-state index contributed by atoms with van der Waals surface area (Å²) in [5.74, 6) is 0.221. The number of halogens is 4. The molecule has 2 heterocycles. The van der Waals surface area contributed by atoms with Crippen LogP contribution >= 0.6 is 15.9 Å². The molecule has 4 nitrogen and oxygen atoms in total. The van der Waals surface area contributed by atoms with Gasteiger partial charge in [-0.2, -0.15) is 13.2 Å². The van der Waals surface area contributed by atoms with Crippen LogP contribution in [0.25, 0.3) is 0 Å². The Kier molecular flexibility index (Phi) is 4.75. The maximum absolute atomic E-state index is 12.6. The van der Waals surface area contributed by atoms with Gasteiger partial charge in [0.2, 0.25) is 5.91 Å². The topological polar surface area (TPSA) is 45.2 Å². The minimum atomic E-state index is -4.42. The van der Waals surface area contributed by atoms with Crippen LogP contribution < -0.4 is 10.2 Å². The largest absolute Gasteiger partial charge is 0.417 e. The minimum Gasteiger partial charge on any atom is -0.359 e. The fraction of sp³-hybridized carbons (Fsp3) is 0.538. The molecule has 1 aliphatic rings. The summed E-state index contributed by atoms with van der Waals surface area (Å²) < 4.78 is 38.2. The van der Waals surface area contributed by atoms with Gasteiger partial charge in [0.15, 0.2) is 0 Å². The number of carbonyl (C=O) groups is 1. The van der Waals surface area contributed by atoms with Gasteiger partial charge in [0.1, 0.15) is 5.82 Å². The quantitative estimate of drug-likeness (QED) is 0.876. The van der Waals surface area contributed by atoms with Crippen LogP contribution in [0.1, 0.15) is 18.4 Å². The van der Waals surface area contributed by atoms with Crippen LogP contribution in [0.4, 0.5) is 19.0 Å². The molecule has 1 N–H and O–H groups in total. The number of hydrogen-bond donors (Lipinski definition) is 1. The summed E-state index contributed by atoms with van der Waals surface area (Å²) in [7, 11) is 1.58. The van der Waals surface area contributed by atoms with Crippen molar-refractivity contribution in [1.82, 2.24) is 10.3 Å². The summed E-state index contributed by atoms with van der Waals surface area (Å²) in [4.78, 5) is 17.5. The molecule has 0 bridgehead atoms. The first kappa shape index (κ1) is 16.1. The lowest BCUT2D eigenvalue weighted by molar-refractivity contribution is -0.137. The van der Waals surface area contributed by atoms with Crippen LogP contribution in [-0.2, 0) is 11.0 Å². The molecule has 0 saturated carbocycles. The Hall–Kier alpha value is -1.31. The van der Waals surface area contributed by atoms with Gasteiger partial charge < -0.3 is 10.2 Å². The van der Waals surface area contributed by atoms with E-state index < -0.39 is 11.7 Å². The van der Waals surface area contributed by atoms with Crippen molar-refractivity contribution in [3.8, 4) is 0 Å². The molecule has 0 spiro atoms. The van der Waals surface area contributed by atoms with Gasteiger partial charge in [-0.05, 0) is 34.8 Å². The predicted molar refractivity (Wildman–Crippen MR) is 75.9 cm³/mol. The molecule has 1 aromatic heterocycles. The highest BCUT2D eigenvalue weighted by atomic mass is 79.9. The predicted octanol–water partition coefficient (Wildman–Crippen LogP) is 2.83. The van der Waals surface area contributed by atoms with Crippen molar-refractivity contribution < 1.29 is 18.0 Å². The number of amides is 1. The van der Waals surface area contributed by atoms with E-state index in [-0.39, 0.29) is 16.3 Å². The molecule has 1 aliphatic heterocycles. The smallest absolute Gasteiger partial charge is 0.359 e.